The first-order valence-corrected chi connectivity index (χ1v) is 9.64. The van der Waals surface area contributed by atoms with Crippen molar-refractivity contribution >= 4 is 23.3 Å². The number of ketones is 1. The third-order valence-corrected chi connectivity index (χ3v) is 5.68. The van der Waals surface area contributed by atoms with Crippen LogP contribution in [0.3, 0.4) is 0 Å². The molecule has 4 nitrogen and oxygen atoms in total. The van der Waals surface area contributed by atoms with E-state index in [1.807, 2.05) is 18.2 Å². The lowest BCUT2D eigenvalue weighted by molar-refractivity contribution is -0.133. The maximum atomic E-state index is 12.9. The second kappa shape index (κ2) is 8.22. The maximum absolute atomic E-state index is 12.9. The molecule has 1 unspecified atom stereocenters. The molecule has 0 radical (unpaired) electrons. The molecule has 1 heterocycles. The van der Waals surface area contributed by atoms with E-state index in [0.717, 1.165) is 31.4 Å². The van der Waals surface area contributed by atoms with E-state index in [0.29, 0.717) is 23.2 Å². The van der Waals surface area contributed by atoms with Crippen LogP contribution in [-0.4, -0.2) is 35.8 Å². The average molecular weight is 364 g/mol. The van der Waals surface area contributed by atoms with Crippen molar-refractivity contribution in [3.8, 4) is 5.75 Å². The first-order chi connectivity index (χ1) is 12.1. The monoisotopic (exact) mass is 363 g/mol. The van der Waals surface area contributed by atoms with Crippen molar-refractivity contribution in [2.75, 3.05) is 13.2 Å². The predicted molar refractivity (Wildman–Crippen MR) is 98.0 cm³/mol. The van der Waals surface area contributed by atoms with Crippen molar-refractivity contribution in [2.45, 2.75) is 57.9 Å². The van der Waals surface area contributed by atoms with Gasteiger partial charge in [-0.15, -0.1) is 0 Å². The van der Waals surface area contributed by atoms with Crippen LogP contribution >= 0.6 is 11.6 Å². The van der Waals surface area contributed by atoms with Gasteiger partial charge in [0.25, 0.3) is 0 Å². The molecule has 25 heavy (non-hydrogen) atoms. The van der Waals surface area contributed by atoms with Crippen molar-refractivity contribution in [1.29, 1.82) is 0 Å². The van der Waals surface area contributed by atoms with E-state index in [2.05, 4.69) is 4.90 Å². The van der Waals surface area contributed by atoms with Gasteiger partial charge in [-0.2, -0.15) is 0 Å². The summed E-state index contributed by atoms with van der Waals surface area (Å²) in [6, 6.07) is 5.87. The van der Waals surface area contributed by atoms with E-state index < -0.39 is 0 Å². The summed E-state index contributed by atoms with van der Waals surface area (Å²) in [5.41, 5.74) is 0.842. The molecule has 5 heteroatoms. The summed E-state index contributed by atoms with van der Waals surface area (Å²) in [5, 5.41) is 0.602. The Labute approximate surface area is 154 Å². The maximum Gasteiger partial charge on any atom is 0.226 e. The molecule has 1 aliphatic carbocycles. The fraction of sp³-hybridized carbons (Fsp3) is 0.600. The van der Waals surface area contributed by atoms with Crippen LogP contribution in [0.2, 0.25) is 5.02 Å². The second-order valence-electron chi connectivity index (χ2n) is 7.22. The molecule has 2 aliphatic rings. The summed E-state index contributed by atoms with van der Waals surface area (Å²) >= 11 is 6.37. The summed E-state index contributed by atoms with van der Waals surface area (Å²) in [7, 11) is 0. The van der Waals surface area contributed by atoms with Gasteiger partial charge in [0.15, 0.2) is 5.78 Å². The lowest BCUT2D eigenvalue weighted by Gasteiger charge is -2.31. The van der Waals surface area contributed by atoms with Gasteiger partial charge in [0.2, 0.25) is 5.91 Å². The van der Waals surface area contributed by atoms with Crippen molar-refractivity contribution in [3.05, 3.63) is 28.8 Å². The molecule has 1 aromatic rings. The third kappa shape index (κ3) is 4.35. The molecule has 3 rings (SSSR count). The first kappa shape index (κ1) is 18.2. The van der Waals surface area contributed by atoms with E-state index in [9.17, 15) is 9.59 Å². The minimum absolute atomic E-state index is 0.0279. The Morgan fingerprint density at radius 1 is 1.24 bits per heavy atom. The van der Waals surface area contributed by atoms with Gasteiger partial charge < -0.3 is 9.64 Å². The van der Waals surface area contributed by atoms with Gasteiger partial charge in [-0.1, -0.05) is 36.9 Å². The number of ether oxygens (including phenoxy) is 1. The van der Waals surface area contributed by atoms with E-state index in [-0.39, 0.29) is 24.2 Å². The molecular weight excluding hydrogens is 338 g/mol. The Morgan fingerprint density at radius 3 is 2.72 bits per heavy atom. The van der Waals surface area contributed by atoms with Crippen LogP contribution in [0.4, 0.5) is 0 Å². The minimum atomic E-state index is -0.0403. The predicted octanol–water partition coefficient (Wildman–Crippen LogP) is 4.03. The van der Waals surface area contributed by atoms with Crippen LogP contribution in [0, 0.1) is 5.92 Å². The Bertz CT molecular complexity index is 640. The van der Waals surface area contributed by atoms with Gasteiger partial charge in [0, 0.05) is 29.1 Å². The zero-order chi connectivity index (χ0) is 17.8. The number of carbonyl (C=O) groups is 2. The number of likely N-dealkylation sites (tertiary alicyclic amines) is 1. The van der Waals surface area contributed by atoms with Crippen LogP contribution < -0.4 is 4.74 Å². The van der Waals surface area contributed by atoms with Gasteiger partial charge in [-0.05, 0) is 44.7 Å². The molecule has 1 saturated heterocycles. The number of rotatable bonds is 6. The van der Waals surface area contributed by atoms with Crippen molar-refractivity contribution in [2.24, 2.45) is 5.92 Å². The number of halogens is 1. The Morgan fingerprint density at radius 2 is 2.00 bits per heavy atom. The lowest BCUT2D eigenvalue weighted by Crippen LogP contribution is -2.39. The van der Waals surface area contributed by atoms with Crippen molar-refractivity contribution in [3.63, 3.8) is 0 Å². The molecule has 0 aromatic heterocycles. The van der Waals surface area contributed by atoms with E-state index in [4.69, 9.17) is 16.3 Å². The smallest absolute Gasteiger partial charge is 0.226 e. The van der Waals surface area contributed by atoms with Crippen LogP contribution in [0.5, 0.6) is 5.75 Å². The SMILES string of the molecule is CC(=O)COc1cccc(Cl)c1CC1CCN(C2CCCCC2)C1=O. The summed E-state index contributed by atoms with van der Waals surface area (Å²) in [6.45, 7) is 2.37. The average Bonchev–Trinajstić information content (AvgIpc) is 2.97. The number of carbonyl (C=O) groups excluding carboxylic acids is 2. The minimum Gasteiger partial charge on any atom is -0.486 e. The van der Waals surface area contributed by atoms with Crippen LogP contribution in [-0.2, 0) is 16.0 Å². The second-order valence-corrected chi connectivity index (χ2v) is 7.63. The van der Waals surface area contributed by atoms with Gasteiger partial charge in [0.05, 0.1) is 0 Å². The molecule has 0 bridgehead atoms. The Kier molecular flexibility index (Phi) is 6.00. The fourth-order valence-electron chi connectivity index (χ4n) is 4.01. The van der Waals surface area contributed by atoms with Gasteiger partial charge >= 0.3 is 0 Å². The van der Waals surface area contributed by atoms with Gasteiger partial charge in [-0.3, -0.25) is 9.59 Å². The van der Waals surface area contributed by atoms with Crippen LogP contribution in [0.25, 0.3) is 0 Å². The number of Topliss-reactive ketones (excluding diaryl/α,β-unsaturated/α-hetero) is 1. The van der Waals surface area contributed by atoms with Crippen molar-refractivity contribution < 1.29 is 14.3 Å². The largest absolute Gasteiger partial charge is 0.486 e. The molecule has 1 atom stereocenters. The first-order valence-electron chi connectivity index (χ1n) is 9.26. The molecule has 1 amide bonds. The van der Waals surface area contributed by atoms with Gasteiger partial charge in [0.1, 0.15) is 12.4 Å². The highest BCUT2D eigenvalue weighted by molar-refractivity contribution is 6.31. The zero-order valence-electron chi connectivity index (χ0n) is 14.8. The van der Waals surface area contributed by atoms with E-state index in [1.165, 1.54) is 26.2 Å². The summed E-state index contributed by atoms with van der Waals surface area (Å²) < 4.78 is 5.61. The van der Waals surface area contributed by atoms with Gasteiger partial charge in [-0.25, -0.2) is 0 Å². The third-order valence-electron chi connectivity index (χ3n) is 5.32. The highest BCUT2D eigenvalue weighted by atomic mass is 35.5. The summed E-state index contributed by atoms with van der Waals surface area (Å²) in [4.78, 5) is 26.2. The molecule has 2 fully saturated rings. The molecule has 0 N–H and O–H groups in total. The molecule has 1 aromatic carbocycles. The molecule has 1 aliphatic heterocycles. The number of nitrogens with zero attached hydrogens (tertiary/aromatic N) is 1. The number of benzene rings is 1. The Balaban J connectivity index is 1.70. The number of hydrogen-bond acceptors (Lipinski definition) is 3. The fourth-order valence-corrected chi connectivity index (χ4v) is 4.25. The molecule has 1 saturated carbocycles. The van der Waals surface area contributed by atoms with Crippen LogP contribution in [0.15, 0.2) is 18.2 Å². The quantitative estimate of drug-likeness (QED) is 0.766. The number of amides is 1. The molecule has 0 spiro atoms. The normalized spacial score (nSPS) is 21.6. The van der Waals surface area contributed by atoms with Crippen molar-refractivity contribution in [1.82, 2.24) is 4.90 Å². The lowest BCUT2D eigenvalue weighted by atomic mass is 9.94. The Hall–Kier alpha value is -1.55. The standard InChI is InChI=1S/C20H26ClNO3/c1-14(23)13-25-19-9-5-8-18(21)17(19)12-15-10-11-22(20(15)24)16-6-3-2-4-7-16/h5,8-9,15-16H,2-4,6-7,10-13H2,1H3. The highest BCUT2D eigenvalue weighted by Crippen LogP contribution is 2.34. The molecular formula is C20H26ClNO3. The van der Waals surface area contributed by atoms with Crippen LogP contribution in [0.1, 0.15) is 51.0 Å². The number of hydrogen-bond donors (Lipinski definition) is 0. The topological polar surface area (TPSA) is 46.6 Å². The summed E-state index contributed by atoms with van der Waals surface area (Å²) in [6.07, 6.45) is 7.47. The zero-order valence-corrected chi connectivity index (χ0v) is 15.6. The highest BCUT2D eigenvalue weighted by Gasteiger charge is 2.36. The molecule has 136 valence electrons. The van der Waals surface area contributed by atoms with E-state index >= 15 is 0 Å². The van der Waals surface area contributed by atoms with E-state index in [1.54, 1.807) is 0 Å². The summed E-state index contributed by atoms with van der Waals surface area (Å²) in [5.74, 6) is 0.795.